The van der Waals surface area contributed by atoms with Gasteiger partial charge in [0, 0.05) is 15.4 Å². The standard InChI is InChI=1S/C14H24BrN3S/c1-10-5-4-6-14(7-10,18(2)3)13(17-16)11-8-19-9-12(11)15/h8-10,13,17H,4-7,16H2,1-3H3. The maximum Gasteiger partial charge on any atom is 0.0662 e. The number of likely N-dealkylation sites (N-methyl/N-ethyl adjacent to an activating group) is 1. The lowest BCUT2D eigenvalue weighted by atomic mass is 9.70. The number of nitrogens with two attached hydrogens (primary N) is 1. The molecule has 1 aliphatic rings. The van der Waals surface area contributed by atoms with Crippen molar-refractivity contribution in [2.75, 3.05) is 14.1 Å². The topological polar surface area (TPSA) is 41.3 Å². The van der Waals surface area contributed by atoms with Crippen LogP contribution in [-0.2, 0) is 0 Å². The zero-order valence-electron chi connectivity index (χ0n) is 11.9. The van der Waals surface area contributed by atoms with Crippen LogP contribution in [-0.4, -0.2) is 24.5 Å². The van der Waals surface area contributed by atoms with E-state index >= 15 is 0 Å². The maximum atomic E-state index is 5.94. The van der Waals surface area contributed by atoms with Crippen LogP contribution in [0, 0.1) is 5.92 Å². The molecule has 0 bridgehead atoms. The third-order valence-corrected chi connectivity index (χ3v) is 6.31. The van der Waals surface area contributed by atoms with Crippen molar-refractivity contribution in [3.63, 3.8) is 0 Å². The molecule has 0 spiro atoms. The molecule has 1 aliphatic carbocycles. The second kappa shape index (κ2) is 6.22. The van der Waals surface area contributed by atoms with E-state index in [0.29, 0.717) is 0 Å². The van der Waals surface area contributed by atoms with Gasteiger partial charge in [-0.1, -0.05) is 19.8 Å². The summed E-state index contributed by atoms with van der Waals surface area (Å²) in [6, 6.07) is 0.172. The van der Waals surface area contributed by atoms with Crippen molar-refractivity contribution in [3.05, 3.63) is 20.8 Å². The second-order valence-corrected chi connectivity index (χ2v) is 7.57. The van der Waals surface area contributed by atoms with Gasteiger partial charge in [-0.05, 0) is 59.7 Å². The Bertz CT molecular complexity index is 421. The number of thiophene rings is 1. The molecule has 19 heavy (non-hydrogen) atoms. The SMILES string of the molecule is CC1CCCC(C(NN)c2cscc2Br)(N(C)C)C1. The van der Waals surface area contributed by atoms with Crippen LogP contribution in [0.25, 0.3) is 0 Å². The van der Waals surface area contributed by atoms with E-state index in [-0.39, 0.29) is 11.6 Å². The van der Waals surface area contributed by atoms with Gasteiger partial charge in [-0.15, -0.1) is 0 Å². The van der Waals surface area contributed by atoms with Crippen molar-refractivity contribution in [2.45, 2.75) is 44.2 Å². The molecule has 1 aromatic rings. The number of hydrogen-bond donors (Lipinski definition) is 2. The molecule has 3 unspecified atom stereocenters. The van der Waals surface area contributed by atoms with Gasteiger partial charge < -0.3 is 4.90 Å². The lowest BCUT2D eigenvalue weighted by Crippen LogP contribution is -2.57. The first-order chi connectivity index (χ1) is 9.01. The summed E-state index contributed by atoms with van der Waals surface area (Å²) in [5, 5.41) is 4.34. The fourth-order valence-electron chi connectivity index (χ4n) is 3.52. The summed E-state index contributed by atoms with van der Waals surface area (Å²) < 4.78 is 1.17. The summed E-state index contributed by atoms with van der Waals surface area (Å²) in [4.78, 5) is 2.37. The van der Waals surface area contributed by atoms with Crippen LogP contribution in [0.2, 0.25) is 0 Å². The third kappa shape index (κ3) is 2.90. The Morgan fingerprint density at radius 2 is 2.26 bits per heavy atom. The summed E-state index contributed by atoms with van der Waals surface area (Å²) in [6.45, 7) is 2.35. The van der Waals surface area contributed by atoms with E-state index in [1.165, 1.54) is 35.7 Å². The van der Waals surface area contributed by atoms with Gasteiger partial charge in [-0.25, -0.2) is 0 Å². The van der Waals surface area contributed by atoms with Crippen molar-refractivity contribution in [2.24, 2.45) is 11.8 Å². The smallest absolute Gasteiger partial charge is 0.0662 e. The third-order valence-electron chi connectivity index (χ3n) is 4.56. The molecule has 5 heteroatoms. The molecule has 2 rings (SSSR count). The molecule has 1 aromatic heterocycles. The highest BCUT2D eigenvalue weighted by atomic mass is 79.9. The molecular formula is C14H24BrN3S. The van der Waals surface area contributed by atoms with Gasteiger partial charge in [0.25, 0.3) is 0 Å². The Hall–Kier alpha value is 0.0600. The van der Waals surface area contributed by atoms with E-state index in [1.54, 1.807) is 11.3 Å². The predicted molar refractivity (Wildman–Crippen MR) is 86.1 cm³/mol. The predicted octanol–water partition coefficient (Wildman–Crippen LogP) is 3.53. The van der Waals surface area contributed by atoms with Gasteiger partial charge >= 0.3 is 0 Å². The summed E-state index contributed by atoms with van der Waals surface area (Å²) in [7, 11) is 4.37. The molecule has 0 saturated heterocycles. The van der Waals surface area contributed by atoms with E-state index in [0.717, 1.165) is 5.92 Å². The average Bonchev–Trinajstić information content (AvgIpc) is 2.76. The van der Waals surface area contributed by atoms with Crippen molar-refractivity contribution in [1.82, 2.24) is 10.3 Å². The molecule has 108 valence electrons. The first-order valence-corrected chi connectivity index (χ1v) is 8.60. The van der Waals surface area contributed by atoms with E-state index in [2.05, 4.69) is 58.0 Å². The molecule has 0 aromatic carbocycles. The van der Waals surface area contributed by atoms with Gasteiger partial charge in [0.2, 0.25) is 0 Å². The Balaban J connectivity index is 2.39. The molecule has 0 amide bonds. The van der Waals surface area contributed by atoms with Crippen LogP contribution in [0.15, 0.2) is 15.2 Å². The summed E-state index contributed by atoms with van der Waals surface area (Å²) >= 11 is 5.38. The van der Waals surface area contributed by atoms with Crippen molar-refractivity contribution >= 4 is 27.3 Å². The van der Waals surface area contributed by atoms with Gasteiger partial charge in [-0.2, -0.15) is 11.3 Å². The molecule has 0 aliphatic heterocycles. The first kappa shape index (κ1) is 15.4. The number of rotatable bonds is 4. The van der Waals surface area contributed by atoms with Crippen LogP contribution in [0.3, 0.4) is 0 Å². The monoisotopic (exact) mass is 345 g/mol. The van der Waals surface area contributed by atoms with Crippen LogP contribution in [0.4, 0.5) is 0 Å². The van der Waals surface area contributed by atoms with Crippen LogP contribution in [0.5, 0.6) is 0 Å². The van der Waals surface area contributed by atoms with Crippen LogP contribution >= 0.6 is 27.3 Å². The molecule has 3 nitrogen and oxygen atoms in total. The van der Waals surface area contributed by atoms with Crippen molar-refractivity contribution in [3.8, 4) is 0 Å². The molecular weight excluding hydrogens is 322 g/mol. The minimum Gasteiger partial charge on any atom is -0.302 e. The maximum absolute atomic E-state index is 5.94. The summed E-state index contributed by atoms with van der Waals surface area (Å²) in [5.74, 6) is 6.69. The Kier molecular flexibility index (Phi) is 5.06. The summed E-state index contributed by atoms with van der Waals surface area (Å²) in [6.07, 6.45) is 5.00. The normalized spacial score (nSPS) is 29.7. The molecule has 1 saturated carbocycles. The van der Waals surface area contributed by atoms with Gasteiger partial charge in [0.05, 0.1) is 6.04 Å². The molecule has 3 atom stereocenters. The van der Waals surface area contributed by atoms with Crippen LogP contribution in [0.1, 0.15) is 44.2 Å². The second-order valence-electron chi connectivity index (χ2n) is 5.97. The zero-order valence-corrected chi connectivity index (χ0v) is 14.4. The lowest BCUT2D eigenvalue weighted by molar-refractivity contribution is 0.0366. The highest BCUT2D eigenvalue weighted by Crippen LogP contribution is 2.45. The van der Waals surface area contributed by atoms with Gasteiger partial charge in [0.1, 0.15) is 0 Å². The number of nitrogens with one attached hydrogen (secondary N) is 1. The van der Waals surface area contributed by atoms with E-state index in [9.17, 15) is 0 Å². The van der Waals surface area contributed by atoms with Gasteiger partial charge in [0.15, 0.2) is 0 Å². The number of hydrazine groups is 1. The zero-order chi connectivity index (χ0) is 14.0. The minimum absolute atomic E-state index is 0.107. The number of halogens is 1. The Morgan fingerprint density at radius 1 is 1.53 bits per heavy atom. The Labute approximate surface area is 128 Å². The largest absolute Gasteiger partial charge is 0.302 e. The molecule has 0 radical (unpaired) electrons. The fraction of sp³-hybridized carbons (Fsp3) is 0.714. The van der Waals surface area contributed by atoms with Crippen LogP contribution < -0.4 is 11.3 Å². The van der Waals surface area contributed by atoms with Crippen molar-refractivity contribution < 1.29 is 0 Å². The first-order valence-electron chi connectivity index (χ1n) is 6.86. The lowest BCUT2D eigenvalue weighted by Gasteiger charge is -2.50. The van der Waals surface area contributed by atoms with E-state index in [4.69, 9.17) is 5.84 Å². The average molecular weight is 346 g/mol. The van der Waals surface area contributed by atoms with Gasteiger partial charge in [-0.3, -0.25) is 11.3 Å². The Morgan fingerprint density at radius 3 is 2.74 bits per heavy atom. The number of hydrogen-bond acceptors (Lipinski definition) is 4. The fourth-order valence-corrected chi connectivity index (χ4v) is 5.07. The molecule has 1 heterocycles. The van der Waals surface area contributed by atoms with E-state index in [1.807, 2.05) is 0 Å². The molecule has 3 N–H and O–H groups in total. The quantitative estimate of drug-likeness (QED) is 0.647. The minimum atomic E-state index is 0.107. The van der Waals surface area contributed by atoms with Crippen molar-refractivity contribution in [1.29, 1.82) is 0 Å². The summed E-state index contributed by atoms with van der Waals surface area (Å²) in [5.41, 5.74) is 4.49. The number of nitrogens with zero attached hydrogens (tertiary/aromatic N) is 1. The van der Waals surface area contributed by atoms with E-state index < -0.39 is 0 Å². The highest BCUT2D eigenvalue weighted by molar-refractivity contribution is 9.10. The molecule has 1 fully saturated rings. The highest BCUT2D eigenvalue weighted by Gasteiger charge is 2.44.